The van der Waals surface area contributed by atoms with Crippen LogP contribution >= 0.6 is 11.3 Å². The van der Waals surface area contributed by atoms with Crippen LogP contribution in [0, 0.1) is 0 Å². The van der Waals surface area contributed by atoms with Gasteiger partial charge in [-0.15, -0.1) is 11.3 Å². The van der Waals surface area contributed by atoms with E-state index in [4.69, 9.17) is 5.11 Å². The zero-order valence-electron chi connectivity index (χ0n) is 8.45. The van der Waals surface area contributed by atoms with E-state index in [9.17, 15) is 9.59 Å². The van der Waals surface area contributed by atoms with Gasteiger partial charge in [0, 0.05) is 6.20 Å². The molecule has 0 atom stereocenters. The van der Waals surface area contributed by atoms with E-state index >= 15 is 0 Å². The third kappa shape index (κ3) is 1.42. The van der Waals surface area contributed by atoms with Gasteiger partial charge in [-0.25, -0.2) is 9.78 Å². The molecule has 1 N–H and O–H groups in total. The second kappa shape index (κ2) is 3.39. The molecular formula is C11H6N2O3S. The van der Waals surface area contributed by atoms with Crippen LogP contribution in [0.25, 0.3) is 15.9 Å². The quantitative estimate of drug-likeness (QED) is 0.708. The number of carboxylic acid groups (broad SMARTS) is 1. The van der Waals surface area contributed by atoms with E-state index in [1.54, 1.807) is 24.4 Å². The Hall–Kier alpha value is -2.21. The SMILES string of the molecule is O=C(O)c1cc2c(=O)n3ccccc3nc2s1. The summed E-state index contributed by atoms with van der Waals surface area (Å²) in [5, 5.41) is 9.23. The summed E-state index contributed by atoms with van der Waals surface area (Å²) < 4.78 is 1.40. The molecule has 5 nitrogen and oxygen atoms in total. The van der Waals surface area contributed by atoms with E-state index in [-0.39, 0.29) is 10.4 Å². The molecule has 6 heteroatoms. The van der Waals surface area contributed by atoms with E-state index in [0.717, 1.165) is 11.3 Å². The van der Waals surface area contributed by atoms with Gasteiger partial charge in [-0.3, -0.25) is 9.20 Å². The number of thiophene rings is 1. The van der Waals surface area contributed by atoms with Gasteiger partial charge in [0.25, 0.3) is 5.56 Å². The van der Waals surface area contributed by atoms with Crippen molar-refractivity contribution in [2.24, 2.45) is 0 Å². The highest BCUT2D eigenvalue weighted by atomic mass is 32.1. The van der Waals surface area contributed by atoms with E-state index in [1.165, 1.54) is 10.5 Å². The van der Waals surface area contributed by atoms with Crippen molar-refractivity contribution in [2.75, 3.05) is 0 Å². The molecule has 3 heterocycles. The van der Waals surface area contributed by atoms with Crippen LogP contribution in [0.3, 0.4) is 0 Å². The molecule has 0 amide bonds. The van der Waals surface area contributed by atoms with Crippen LogP contribution in [0.15, 0.2) is 35.3 Å². The average molecular weight is 246 g/mol. The summed E-state index contributed by atoms with van der Waals surface area (Å²) in [4.78, 5) is 27.8. The predicted molar refractivity (Wildman–Crippen MR) is 63.8 cm³/mol. The molecule has 0 aliphatic rings. The normalized spacial score (nSPS) is 11.1. The second-order valence-corrected chi connectivity index (χ2v) is 4.51. The van der Waals surface area contributed by atoms with Crippen molar-refractivity contribution in [3.8, 4) is 0 Å². The highest BCUT2D eigenvalue weighted by Gasteiger charge is 2.13. The third-order valence-electron chi connectivity index (χ3n) is 2.43. The fourth-order valence-corrected chi connectivity index (χ4v) is 2.52. The molecule has 17 heavy (non-hydrogen) atoms. The van der Waals surface area contributed by atoms with Crippen LogP contribution in [-0.4, -0.2) is 20.5 Å². The smallest absolute Gasteiger partial charge is 0.345 e. The first kappa shape index (κ1) is 9.98. The zero-order chi connectivity index (χ0) is 12.0. The number of carboxylic acids is 1. The summed E-state index contributed by atoms with van der Waals surface area (Å²) in [5.41, 5.74) is 0.276. The van der Waals surface area contributed by atoms with E-state index < -0.39 is 5.97 Å². The van der Waals surface area contributed by atoms with Crippen molar-refractivity contribution in [3.63, 3.8) is 0 Å². The zero-order valence-corrected chi connectivity index (χ0v) is 9.27. The first-order valence-electron chi connectivity index (χ1n) is 4.81. The Kier molecular flexibility index (Phi) is 1.99. The van der Waals surface area contributed by atoms with Crippen LogP contribution in [0.4, 0.5) is 0 Å². The van der Waals surface area contributed by atoms with Crippen molar-refractivity contribution >= 4 is 33.2 Å². The van der Waals surface area contributed by atoms with E-state index in [2.05, 4.69) is 4.98 Å². The van der Waals surface area contributed by atoms with Crippen molar-refractivity contribution in [1.29, 1.82) is 0 Å². The van der Waals surface area contributed by atoms with Gasteiger partial charge in [0.1, 0.15) is 15.4 Å². The summed E-state index contributed by atoms with van der Waals surface area (Å²) in [7, 11) is 0. The Balaban J connectivity index is 2.51. The number of nitrogens with zero attached hydrogens (tertiary/aromatic N) is 2. The summed E-state index contributed by atoms with van der Waals surface area (Å²) >= 11 is 1.01. The molecular weight excluding hydrogens is 240 g/mol. The summed E-state index contributed by atoms with van der Waals surface area (Å²) in [6.07, 6.45) is 1.61. The molecule has 0 radical (unpaired) electrons. The molecule has 3 rings (SSSR count). The molecule has 0 unspecified atom stereocenters. The Labute approximate surface area is 98.6 Å². The van der Waals surface area contributed by atoms with Crippen LogP contribution in [0.2, 0.25) is 0 Å². The van der Waals surface area contributed by atoms with Crippen molar-refractivity contribution in [3.05, 3.63) is 45.7 Å². The van der Waals surface area contributed by atoms with E-state index in [0.29, 0.717) is 15.9 Å². The molecule has 0 aliphatic carbocycles. The lowest BCUT2D eigenvalue weighted by Gasteiger charge is -1.97. The number of rotatable bonds is 1. The Bertz CT molecular complexity index is 803. The maximum Gasteiger partial charge on any atom is 0.345 e. The van der Waals surface area contributed by atoms with Crippen molar-refractivity contribution in [1.82, 2.24) is 9.38 Å². The predicted octanol–water partition coefficient (Wildman–Crippen LogP) is 1.61. The fourth-order valence-electron chi connectivity index (χ4n) is 1.65. The Morgan fingerprint density at radius 1 is 1.41 bits per heavy atom. The minimum atomic E-state index is -1.04. The molecule has 0 saturated carbocycles. The van der Waals surface area contributed by atoms with Gasteiger partial charge in [0.15, 0.2) is 0 Å². The van der Waals surface area contributed by atoms with Gasteiger partial charge in [-0.05, 0) is 18.2 Å². The molecule has 3 aromatic heterocycles. The number of hydrogen-bond acceptors (Lipinski definition) is 4. The molecule has 0 saturated heterocycles. The topological polar surface area (TPSA) is 71.7 Å². The van der Waals surface area contributed by atoms with Gasteiger partial charge >= 0.3 is 5.97 Å². The number of hydrogen-bond donors (Lipinski definition) is 1. The third-order valence-corrected chi connectivity index (χ3v) is 3.44. The highest BCUT2D eigenvalue weighted by Crippen LogP contribution is 2.21. The monoisotopic (exact) mass is 246 g/mol. The summed E-state index contributed by atoms with van der Waals surface area (Å²) in [6.45, 7) is 0. The van der Waals surface area contributed by atoms with Crippen molar-refractivity contribution in [2.45, 2.75) is 0 Å². The molecule has 0 spiro atoms. The summed E-state index contributed by atoms with van der Waals surface area (Å²) in [6, 6.07) is 6.59. The lowest BCUT2D eigenvalue weighted by Crippen LogP contribution is -2.13. The van der Waals surface area contributed by atoms with Gasteiger partial charge in [0.05, 0.1) is 5.39 Å². The van der Waals surface area contributed by atoms with Crippen LogP contribution in [0.5, 0.6) is 0 Å². The van der Waals surface area contributed by atoms with Crippen LogP contribution < -0.4 is 5.56 Å². The maximum absolute atomic E-state index is 12.1. The molecule has 84 valence electrons. The molecule has 0 bridgehead atoms. The largest absolute Gasteiger partial charge is 0.477 e. The summed E-state index contributed by atoms with van der Waals surface area (Å²) in [5.74, 6) is -1.04. The Morgan fingerprint density at radius 3 is 3.00 bits per heavy atom. The highest BCUT2D eigenvalue weighted by molar-refractivity contribution is 7.20. The van der Waals surface area contributed by atoms with Gasteiger partial charge in [0.2, 0.25) is 0 Å². The lowest BCUT2D eigenvalue weighted by atomic mass is 10.3. The molecule has 0 fully saturated rings. The first-order chi connectivity index (χ1) is 8.16. The average Bonchev–Trinajstić information content (AvgIpc) is 2.74. The molecule has 3 aromatic rings. The van der Waals surface area contributed by atoms with Gasteiger partial charge < -0.3 is 5.11 Å². The number of aromatic carboxylic acids is 1. The van der Waals surface area contributed by atoms with E-state index in [1.807, 2.05) is 0 Å². The number of fused-ring (bicyclic) bond motifs is 2. The second-order valence-electron chi connectivity index (χ2n) is 3.48. The standard InChI is InChI=1S/C11H6N2O3S/c14-10-6-5-7(11(15)16)17-9(6)12-8-3-1-2-4-13(8)10/h1-5H,(H,15,16). The lowest BCUT2D eigenvalue weighted by molar-refractivity contribution is 0.0702. The molecule has 0 aliphatic heterocycles. The number of pyridine rings is 1. The first-order valence-corrected chi connectivity index (χ1v) is 5.63. The minimum Gasteiger partial charge on any atom is -0.477 e. The van der Waals surface area contributed by atoms with Gasteiger partial charge in [-0.2, -0.15) is 0 Å². The van der Waals surface area contributed by atoms with Crippen LogP contribution in [0.1, 0.15) is 9.67 Å². The minimum absolute atomic E-state index is 0.125. The Morgan fingerprint density at radius 2 is 2.24 bits per heavy atom. The van der Waals surface area contributed by atoms with Crippen molar-refractivity contribution < 1.29 is 9.90 Å². The number of carbonyl (C=O) groups is 1. The maximum atomic E-state index is 12.1. The molecule has 0 aromatic carbocycles. The fraction of sp³-hybridized carbons (Fsp3) is 0. The van der Waals surface area contributed by atoms with Gasteiger partial charge in [-0.1, -0.05) is 6.07 Å². The van der Waals surface area contributed by atoms with Crippen LogP contribution in [-0.2, 0) is 0 Å². The number of aromatic nitrogens is 2.